The van der Waals surface area contributed by atoms with Gasteiger partial charge in [-0.05, 0) is 23.8 Å². The van der Waals surface area contributed by atoms with E-state index in [-0.39, 0.29) is 24.0 Å². The Bertz CT molecular complexity index is 1000. The highest BCUT2D eigenvalue weighted by atomic mass is 127. The SMILES string of the molecule is CN(C)c1cc(CN=C(N)N2CCN(c3ncccn3)CC2)c2ccccc2n1.I. The van der Waals surface area contributed by atoms with Gasteiger partial charge in [-0.2, -0.15) is 0 Å². The van der Waals surface area contributed by atoms with Crippen LogP contribution in [0, 0.1) is 0 Å². The number of hydrogen-bond acceptors (Lipinski definition) is 6. The third-order valence-electron chi connectivity index (χ3n) is 5.10. The molecule has 0 unspecified atom stereocenters. The molecule has 158 valence electrons. The molecule has 1 fully saturated rings. The molecule has 1 saturated heterocycles. The van der Waals surface area contributed by atoms with E-state index in [0.29, 0.717) is 12.5 Å². The number of halogens is 1. The summed E-state index contributed by atoms with van der Waals surface area (Å²) >= 11 is 0. The Hall–Kier alpha value is -2.69. The number of piperazine rings is 1. The predicted octanol–water partition coefficient (Wildman–Crippen LogP) is 2.35. The van der Waals surface area contributed by atoms with Crippen LogP contribution < -0.4 is 15.5 Å². The molecule has 0 radical (unpaired) electrons. The van der Waals surface area contributed by atoms with Gasteiger partial charge in [0.2, 0.25) is 5.95 Å². The molecule has 8 nitrogen and oxygen atoms in total. The molecule has 0 aliphatic carbocycles. The smallest absolute Gasteiger partial charge is 0.225 e. The zero-order valence-electron chi connectivity index (χ0n) is 17.3. The van der Waals surface area contributed by atoms with Crippen molar-refractivity contribution < 1.29 is 0 Å². The average Bonchev–Trinajstić information content (AvgIpc) is 2.77. The molecule has 2 N–H and O–H groups in total. The fraction of sp³-hybridized carbons (Fsp3) is 0.333. The fourth-order valence-electron chi connectivity index (χ4n) is 3.45. The second kappa shape index (κ2) is 9.88. The van der Waals surface area contributed by atoms with E-state index in [1.54, 1.807) is 12.4 Å². The number of hydrogen-bond donors (Lipinski definition) is 1. The van der Waals surface area contributed by atoms with E-state index in [1.807, 2.05) is 43.3 Å². The molecule has 0 bridgehead atoms. The molecule has 0 saturated carbocycles. The Morgan fingerprint density at radius 3 is 2.47 bits per heavy atom. The molecule has 0 amide bonds. The normalized spacial score (nSPS) is 14.5. The van der Waals surface area contributed by atoms with Crippen LogP contribution in [-0.2, 0) is 6.54 Å². The van der Waals surface area contributed by atoms with Gasteiger partial charge < -0.3 is 20.4 Å². The van der Waals surface area contributed by atoms with Crippen molar-refractivity contribution in [3.63, 3.8) is 0 Å². The summed E-state index contributed by atoms with van der Waals surface area (Å²) in [6.07, 6.45) is 3.54. The van der Waals surface area contributed by atoms with Gasteiger partial charge in [0.15, 0.2) is 5.96 Å². The maximum atomic E-state index is 6.32. The Labute approximate surface area is 193 Å². The first-order valence-electron chi connectivity index (χ1n) is 9.74. The highest BCUT2D eigenvalue weighted by Crippen LogP contribution is 2.23. The summed E-state index contributed by atoms with van der Waals surface area (Å²) in [7, 11) is 3.99. The molecular weight excluding hydrogens is 491 g/mol. The highest BCUT2D eigenvalue weighted by molar-refractivity contribution is 14.0. The minimum Gasteiger partial charge on any atom is -0.370 e. The zero-order chi connectivity index (χ0) is 20.2. The number of rotatable bonds is 4. The van der Waals surface area contributed by atoms with E-state index in [4.69, 9.17) is 15.7 Å². The molecule has 30 heavy (non-hydrogen) atoms. The molecule has 0 spiro atoms. The summed E-state index contributed by atoms with van der Waals surface area (Å²) in [4.78, 5) is 24.3. The molecule has 1 aromatic carbocycles. The van der Waals surface area contributed by atoms with Gasteiger partial charge in [-0.3, -0.25) is 0 Å². The van der Waals surface area contributed by atoms with Gasteiger partial charge in [0.1, 0.15) is 5.82 Å². The number of anilines is 2. The molecule has 0 atom stereocenters. The third-order valence-corrected chi connectivity index (χ3v) is 5.10. The molecule has 2 aromatic heterocycles. The van der Waals surface area contributed by atoms with Gasteiger partial charge in [-0.15, -0.1) is 24.0 Å². The first-order chi connectivity index (χ1) is 14.1. The summed E-state index contributed by atoms with van der Waals surface area (Å²) in [5, 5.41) is 1.11. The van der Waals surface area contributed by atoms with Crippen LogP contribution in [0.3, 0.4) is 0 Å². The predicted molar refractivity (Wildman–Crippen MR) is 133 cm³/mol. The van der Waals surface area contributed by atoms with Crippen molar-refractivity contribution in [3.8, 4) is 0 Å². The summed E-state index contributed by atoms with van der Waals surface area (Å²) in [6.45, 7) is 3.77. The summed E-state index contributed by atoms with van der Waals surface area (Å²) in [5.41, 5.74) is 8.42. The quantitative estimate of drug-likeness (QED) is 0.323. The average molecular weight is 518 g/mol. The van der Waals surface area contributed by atoms with Gasteiger partial charge in [0, 0.05) is 58.1 Å². The van der Waals surface area contributed by atoms with Gasteiger partial charge in [-0.1, -0.05) is 18.2 Å². The number of benzene rings is 1. The topological polar surface area (TPSA) is 86.8 Å². The van der Waals surface area contributed by atoms with E-state index in [1.165, 1.54) is 0 Å². The Morgan fingerprint density at radius 2 is 1.77 bits per heavy atom. The van der Waals surface area contributed by atoms with Crippen molar-refractivity contribution in [2.75, 3.05) is 50.1 Å². The van der Waals surface area contributed by atoms with Crippen LogP contribution in [0.5, 0.6) is 0 Å². The summed E-state index contributed by atoms with van der Waals surface area (Å²) < 4.78 is 0. The summed E-state index contributed by atoms with van der Waals surface area (Å²) in [5.74, 6) is 2.26. The van der Waals surface area contributed by atoms with Crippen molar-refractivity contribution >= 4 is 52.6 Å². The number of guanidine groups is 1. The lowest BCUT2D eigenvalue weighted by Crippen LogP contribution is -2.51. The van der Waals surface area contributed by atoms with Crippen molar-refractivity contribution in [2.24, 2.45) is 10.7 Å². The molecule has 1 aliphatic rings. The van der Waals surface area contributed by atoms with Crippen LogP contribution >= 0.6 is 24.0 Å². The van der Waals surface area contributed by atoms with Crippen LogP contribution in [0.15, 0.2) is 53.8 Å². The first-order valence-corrected chi connectivity index (χ1v) is 9.74. The fourth-order valence-corrected chi connectivity index (χ4v) is 3.45. The number of aromatic nitrogens is 3. The summed E-state index contributed by atoms with van der Waals surface area (Å²) in [6, 6.07) is 12.1. The second-order valence-corrected chi connectivity index (χ2v) is 7.25. The standard InChI is InChI=1S/C21H26N8.HI/c1-27(2)19-14-16(17-6-3-4-7-18(17)26-19)15-25-20(22)28-10-12-29(13-11-28)21-23-8-5-9-24-21;/h3-9,14H,10-13,15H2,1-2H3,(H2,22,25);1H. The maximum Gasteiger partial charge on any atom is 0.225 e. The van der Waals surface area contributed by atoms with Crippen LogP contribution in [0.4, 0.5) is 11.8 Å². The van der Waals surface area contributed by atoms with E-state index >= 15 is 0 Å². The number of fused-ring (bicyclic) bond motifs is 1. The second-order valence-electron chi connectivity index (χ2n) is 7.25. The Kier molecular flexibility index (Phi) is 7.24. The molecular formula is C21H27IN8. The van der Waals surface area contributed by atoms with Crippen LogP contribution in [-0.4, -0.2) is 66.1 Å². The van der Waals surface area contributed by atoms with Crippen molar-refractivity contribution in [2.45, 2.75) is 6.54 Å². The lowest BCUT2D eigenvalue weighted by Gasteiger charge is -2.35. The number of nitrogens with two attached hydrogens (primary N) is 1. The lowest BCUT2D eigenvalue weighted by molar-refractivity contribution is 0.378. The zero-order valence-corrected chi connectivity index (χ0v) is 19.6. The number of nitrogens with zero attached hydrogens (tertiary/aromatic N) is 7. The monoisotopic (exact) mass is 518 g/mol. The van der Waals surface area contributed by atoms with Crippen molar-refractivity contribution in [1.82, 2.24) is 19.9 Å². The highest BCUT2D eigenvalue weighted by Gasteiger charge is 2.20. The van der Waals surface area contributed by atoms with Gasteiger partial charge in [-0.25, -0.2) is 19.9 Å². The maximum absolute atomic E-state index is 6.32. The van der Waals surface area contributed by atoms with Crippen LogP contribution in [0.2, 0.25) is 0 Å². The molecule has 1 aliphatic heterocycles. The Balaban J connectivity index is 0.00000256. The van der Waals surface area contributed by atoms with E-state index in [0.717, 1.165) is 54.4 Å². The molecule has 3 aromatic rings. The van der Waals surface area contributed by atoms with Crippen LogP contribution in [0.1, 0.15) is 5.56 Å². The van der Waals surface area contributed by atoms with E-state index in [9.17, 15) is 0 Å². The third kappa shape index (κ3) is 4.89. The molecule has 9 heteroatoms. The first kappa shape index (κ1) is 22.0. The van der Waals surface area contributed by atoms with Crippen molar-refractivity contribution in [3.05, 3.63) is 54.4 Å². The van der Waals surface area contributed by atoms with E-state index < -0.39 is 0 Å². The molecule has 3 heterocycles. The van der Waals surface area contributed by atoms with Gasteiger partial charge >= 0.3 is 0 Å². The number of aliphatic imine (C=N–C) groups is 1. The lowest BCUT2D eigenvalue weighted by atomic mass is 10.1. The largest absolute Gasteiger partial charge is 0.370 e. The Morgan fingerprint density at radius 1 is 1.07 bits per heavy atom. The number of pyridine rings is 1. The number of para-hydroxylation sites is 1. The molecule has 4 rings (SSSR count). The minimum absolute atomic E-state index is 0. The van der Waals surface area contributed by atoms with Crippen LogP contribution in [0.25, 0.3) is 10.9 Å². The van der Waals surface area contributed by atoms with E-state index in [2.05, 4.69) is 31.9 Å². The van der Waals surface area contributed by atoms with Crippen molar-refractivity contribution in [1.29, 1.82) is 0 Å². The minimum atomic E-state index is 0. The van der Waals surface area contributed by atoms with Gasteiger partial charge in [0.25, 0.3) is 0 Å². The van der Waals surface area contributed by atoms with Gasteiger partial charge in [0.05, 0.1) is 12.1 Å².